The fourth-order valence-corrected chi connectivity index (χ4v) is 8.79. The minimum atomic E-state index is -5.06. The van der Waals surface area contributed by atoms with Crippen molar-refractivity contribution < 1.29 is 50.5 Å². The maximum Gasteiger partial charge on any atom is 0.337 e. The minimum absolute atomic E-state index is 0.0460. The standard InChI is InChI=1S/C29H22Cl2O11S2/c30-19-11-18(28(32)33)23(31)22(29(34)35)21(19)20-16-9-12-5-1-3-7-14(12)26(43(36,37)38)24(16)42-25-17(20)10-13-6-2-4-8-15(13)27(25)44(39,40)41/h7,9-11H,1-6,8H2,(H,32,33)(H,34,35)(H,36,37,38)(H,39,40,41). The molecule has 0 spiro atoms. The molecule has 3 aliphatic rings. The molecule has 2 aliphatic carbocycles. The fourth-order valence-electron chi connectivity index (χ4n) is 6.37. The van der Waals surface area contributed by atoms with Crippen molar-refractivity contribution in [3.63, 3.8) is 0 Å². The highest BCUT2D eigenvalue weighted by molar-refractivity contribution is 7.86. The van der Waals surface area contributed by atoms with Crippen molar-refractivity contribution in [1.82, 2.24) is 0 Å². The van der Waals surface area contributed by atoms with Crippen LogP contribution in [0.2, 0.25) is 10.0 Å². The van der Waals surface area contributed by atoms with E-state index >= 15 is 0 Å². The van der Waals surface area contributed by atoms with Gasteiger partial charge in [0.05, 0.1) is 21.2 Å². The summed E-state index contributed by atoms with van der Waals surface area (Å²) in [5.41, 5.74) is -0.617. The molecule has 230 valence electrons. The largest absolute Gasteiger partial charge is 0.478 e. The molecule has 0 saturated heterocycles. The van der Waals surface area contributed by atoms with Gasteiger partial charge in [-0.05, 0) is 85.1 Å². The van der Waals surface area contributed by atoms with Crippen molar-refractivity contribution in [2.24, 2.45) is 0 Å². The lowest BCUT2D eigenvalue weighted by molar-refractivity contribution is 0.0695. The van der Waals surface area contributed by atoms with Crippen LogP contribution in [0.15, 0.2) is 28.0 Å². The van der Waals surface area contributed by atoms with Crippen LogP contribution in [0.4, 0.5) is 0 Å². The molecule has 15 heteroatoms. The maximum atomic E-state index is 12.9. The van der Waals surface area contributed by atoms with E-state index in [0.717, 1.165) is 6.07 Å². The first-order chi connectivity index (χ1) is 20.6. The molecule has 3 aromatic carbocycles. The van der Waals surface area contributed by atoms with Crippen LogP contribution >= 0.6 is 23.2 Å². The van der Waals surface area contributed by atoms with Gasteiger partial charge < -0.3 is 14.9 Å². The highest BCUT2D eigenvalue weighted by atomic mass is 35.5. The Morgan fingerprint density at radius 1 is 0.795 bits per heavy atom. The van der Waals surface area contributed by atoms with Gasteiger partial charge in [-0.1, -0.05) is 29.3 Å². The average molecular weight is 682 g/mol. The van der Waals surface area contributed by atoms with Gasteiger partial charge in [0.1, 0.15) is 9.79 Å². The van der Waals surface area contributed by atoms with Crippen molar-refractivity contribution >= 4 is 67.0 Å². The van der Waals surface area contributed by atoms with Crippen molar-refractivity contribution in [1.29, 1.82) is 0 Å². The molecule has 44 heavy (non-hydrogen) atoms. The number of benzene rings is 3. The van der Waals surface area contributed by atoms with Crippen LogP contribution in [0.3, 0.4) is 0 Å². The lowest BCUT2D eigenvalue weighted by Crippen LogP contribution is -2.31. The molecular formula is C29H22Cl2O11S2. The monoisotopic (exact) mass is 680 g/mol. The Bertz CT molecular complexity index is 2210. The molecule has 0 amide bonds. The summed E-state index contributed by atoms with van der Waals surface area (Å²) in [6, 6.07) is 4.05. The van der Waals surface area contributed by atoms with E-state index in [0.29, 0.717) is 49.7 Å². The number of ether oxygens (including phenoxy) is 1. The topological polar surface area (TPSA) is 193 Å². The summed E-state index contributed by atoms with van der Waals surface area (Å²) in [5, 5.41) is 19.0. The summed E-state index contributed by atoms with van der Waals surface area (Å²) in [4.78, 5) is 23.3. The second-order valence-electron chi connectivity index (χ2n) is 10.7. The van der Waals surface area contributed by atoms with Gasteiger partial charge in [0.2, 0.25) is 0 Å². The highest BCUT2D eigenvalue weighted by Crippen LogP contribution is 2.48. The van der Waals surface area contributed by atoms with Crippen molar-refractivity contribution in [3.05, 3.63) is 77.6 Å². The highest BCUT2D eigenvalue weighted by Gasteiger charge is 2.38. The average Bonchev–Trinajstić information content (AvgIpc) is 2.93. The number of carboxylic acids is 2. The van der Waals surface area contributed by atoms with Crippen molar-refractivity contribution in [2.75, 3.05) is 0 Å². The molecule has 0 atom stereocenters. The molecule has 0 saturated carbocycles. The van der Waals surface area contributed by atoms with Gasteiger partial charge in [-0.3, -0.25) is 9.11 Å². The molecule has 0 unspecified atom stereocenters. The van der Waals surface area contributed by atoms with E-state index in [1.54, 1.807) is 18.2 Å². The summed E-state index contributed by atoms with van der Waals surface area (Å²) in [5.74, 6) is -4.25. The Kier molecular flexibility index (Phi) is 7.34. The van der Waals surface area contributed by atoms with Crippen molar-refractivity contribution in [3.8, 4) is 11.5 Å². The molecular weight excluding hydrogens is 659 g/mol. The van der Waals surface area contributed by atoms with Gasteiger partial charge >= 0.3 is 11.9 Å². The number of fused-ring (bicyclic) bond motifs is 4. The summed E-state index contributed by atoms with van der Waals surface area (Å²) < 4.78 is 78.8. The van der Waals surface area contributed by atoms with Gasteiger partial charge in [-0.25, -0.2) is 9.59 Å². The maximum absolute atomic E-state index is 12.9. The predicted octanol–water partition coefficient (Wildman–Crippen LogP) is 4.23. The van der Waals surface area contributed by atoms with E-state index in [1.807, 2.05) is 0 Å². The lowest BCUT2D eigenvalue weighted by Gasteiger charge is -2.30. The first-order valence-corrected chi connectivity index (χ1v) is 17.0. The number of aryl methyl sites for hydroxylation is 2. The number of hydrogen-bond donors (Lipinski definition) is 4. The van der Waals surface area contributed by atoms with Gasteiger partial charge in [0.25, 0.3) is 20.2 Å². The summed E-state index contributed by atoms with van der Waals surface area (Å²) in [6.07, 6.45) is 4.97. The first-order valence-electron chi connectivity index (χ1n) is 13.3. The Balaban J connectivity index is 1.94. The Labute approximate surface area is 260 Å². The van der Waals surface area contributed by atoms with E-state index in [2.05, 4.69) is 0 Å². The van der Waals surface area contributed by atoms with Crippen LogP contribution in [0, 0.1) is 0 Å². The van der Waals surface area contributed by atoms with E-state index in [4.69, 9.17) is 27.9 Å². The normalized spacial score (nSPS) is 15.7. The third-order valence-electron chi connectivity index (χ3n) is 8.08. The smallest absolute Gasteiger partial charge is 0.337 e. The number of carbonyl (C=O) groups is 2. The number of halogens is 2. The van der Waals surface area contributed by atoms with Gasteiger partial charge in [0, 0.05) is 21.9 Å². The quantitative estimate of drug-likeness (QED) is 0.220. The zero-order valence-corrected chi connectivity index (χ0v) is 25.6. The molecule has 0 aromatic heterocycles. The van der Waals surface area contributed by atoms with Crippen LogP contribution in [0.1, 0.15) is 74.2 Å². The van der Waals surface area contributed by atoms with Crippen LogP contribution in [0.5, 0.6) is 11.5 Å². The minimum Gasteiger partial charge on any atom is -0.478 e. The SMILES string of the molecule is O=C(O)c1cc(Cl)c(C2=c3cc4c(c(S(=O)(=O)O)c3Oc3c2cc2c(c3S(=O)(=O)O)CCCC2)=CCCC4)c(C(=O)O)c1Cl. The number of carboxylic acid groups (broad SMARTS) is 2. The van der Waals surface area contributed by atoms with E-state index in [1.165, 1.54) is 0 Å². The zero-order chi connectivity index (χ0) is 31.9. The molecule has 0 fully saturated rings. The van der Waals surface area contributed by atoms with Crippen LogP contribution in [0.25, 0.3) is 11.6 Å². The summed E-state index contributed by atoms with van der Waals surface area (Å²) in [7, 11) is -10.1. The van der Waals surface area contributed by atoms with E-state index in [9.17, 15) is 45.7 Å². The molecule has 1 heterocycles. The fraction of sp³-hybridized carbons (Fsp3) is 0.241. The van der Waals surface area contributed by atoms with E-state index in [-0.39, 0.29) is 39.1 Å². The Morgan fingerprint density at radius 3 is 2.09 bits per heavy atom. The third kappa shape index (κ3) is 4.78. The van der Waals surface area contributed by atoms with Crippen molar-refractivity contribution in [2.45, 2.75) is 54.7 Å². The zero-order valence-electron chi connectivity index (χ0n) is 22.5. The van der Waals surface area contributed by atoms with Crippen LogP contribution in [-0.4, -0.2) is 48.1 Å². The Morgan fingerprint density at radius 2 is 1.45 bits per heavy atom. The molecule has 3 aromatic rings. The second kappa shape index (κ2) is 10.6. The molecule has 4 N–H and O–H groups in total. The van der Waals surface area contributed by atoms with Gasteiger partial charge in [-0.2, -0.15) is 16.8 Å². The molecule has 1 aliphatic heterocycles. The molecule has 0 radical (unpaired) electrons. The molecule has 0 bridgehead atoms. The van der Waals surface area contributed by atoms with Crippen LogP contribution in [-0.2, 0) is 39.5 Å². The summed E-state index contributed by atoms with van der Waals surface area (Å²) in [6.45, 7) is 0. The molecule has 6 rings (SSSR count). The third-order valence-corrected chi connectivity index (χ3v) is 10.6. The summed E-state index contributed by atoms with van der Waals surface area (Å²) >= 11 is 13.0. The van der Waals surface area contributed by atoms with Gasteiger partial charge in [-0.15, -0.1) is 0 Å². The number of hydrogen-bond acceptors (Lipinski definition) is 7. The molecule has 11 nitrogen and oxygen atoms in total. The number of aromatic carboxylic acids is 2. The first kappa shape index (κ1) is 30.6. The van der Waals surface area contributed by atoms with Gasteiger partial charge in [0.15, 0.2) is 11.5 Å². The van der Waals surface area contributed by atoms with E-state index < -0.39 is 74.6 Å². The Hall–Kier alpha value is -3.46. The lowest BCUT2D eigenvalue weighted by atomic mass is 9.83. The van der Waals surface area contributed by atoms with Crippen LogP contribution < -0.4 is 15.2 Å². The predicted molar refractivity (Wildman–Crippen MR) is 158 cm³/mol. The second-order valence-corrected chi connectivity index (χ2v) is 14.2. The number of rotatable bonds is 5.